The van der Waals surface area contributed by atoms with Crippen LogP contribution in [0, 0.1) is 6.92 Å². The maximum Gasteiger partial charge on any atom is 0.152 e. The van der Waals surface area contributed by atoms with Gasteiger partial charge in [-0.2, -0.15) is 0 Å². The molecule has 2 N–H and O–H groups in total. The number of thioether (sulfide) groups is 1. The Morgan fingerprint density at radius 2 is 2.14 bits per heavy atom. The molecule has 2 aromatic heterocycles. The van der Waals surface area contributed by atoms with Gasteiger partial charge in [0.15, 0.2) is 4.34 Å². The van der Waals surface area contributed by atoms with Crippen molar-refractivity contribution >= 4 is 44.8 Å². The van der Waals surface area contributed by atoms with E-state index in [2.05, 4.69) is 15.3 Å². The van der Waals surface area contributed by atoms with Crippen LogP contribution in [0.4, 0.5) is 11.4 Å². The Balaban J connectivity index is 2.04. The summed E-state index contributed by atoms with van der Waals surface area (Å²) >= 11 is 3.22. The quantitative estimate of drug-likeness (QED) is 0.713. The molecule has 108 valence electrons. The number of fused-ring (bicyclic) bond motifs is 1. The van der Waals surface area contributed by atoms with Gasteiger partial charge >= 0.3 is 0 Å². The molecule has 0 radical (unpaired) electrons. The molecule has 1 aromatic carbocycles. The van der Waals surface area contributed by atoms with Crippen molar-refractivity contribution < 1.29 is 5.11 Å². The third-order valence-corrected chi connectivity index (χ3v) is 5.29. The highest BCUT2D eigenvalue weighted by atomic mass is 32.2. The maximum absolute atomic E-state index is 9.36. The van der Waals surface area contributed by atoms with E-state index < -0.39 is 0 Å². The number of aliphatic hydroxyl groups excluding tert-OH is 1. The van der Waals surface area contributed by atoms with Crippen LogP contribution >= 0.6 is 23.1 Å². The van der Waals surface area contributed by atoms with Crippen molar-refractivity contribution in [1.82, 2.24) is 9.97 Å². The second-order valence-corrected chi connectivity index (χ2v) is 6.60. The highest BCUT2D eigenvalue weighted by Gasteiger charge is 2.10. The molecule has 0 aliphatic heterocycles. The topological polar surface area (TPSA) is 58.0 Å². The van der Waals surface area contributed by atoms with Gasteiger partial charge in [-0.1, -0.05) is 35.2 Å². The SMILES string of the molecule is CSc1nc2c(Nc3cccc(CO)c3C)ccnc2s1. The van der Waals surface area contributed by atoms with E-state index in [4.69, 9.17) is 0 Å². The molecule has 2 heterocycles. The first-order chi connectivity index (χ1) is 10.2. The number of anilines is 2. The molecule has 3 aromatic rings. The summed E-state index contributed by atoms with van der Waals surface area (Å²) in [5.41, 5.74) is 4.78. The van der Waals surface area contributed by atoms with Gasteiger partial charge in [0.05, 0.1) is 12.3 Å². The van der Waals surface area contributed by atoms with Gasteiger partial charge in [0.2, 0.25) is 0 Å². The zero-order chi connectivity index (χ0) is 14.8. The second kappa shape index (κ2) is 6.01. The van der Waals surface area contributed by atoms with E-state index in [0.717, 1.165) is 37.2 Å². The lowest BCUT2D eigenvalue weighted by molar-refractivity contribution is 0.281. The summed E-state index contributed by atoms with van der Waals surface area (Å²) in [5.74, 6) is 0. The first-order valence-electron chi connectivity index (χ1n) is 6.49. The third-order valence-electron chi connectivity index (χ3n) is 3.34. The molecule has 6 heteroatoms. The van der Waals surface area contributed by atoms with E-state index in [-0.39, 0.29) is 6.61 Å². The fourth-order valence-electron chi connectivity index (χ4n) is 2.14. The van der Waals surface area contributed by atoms with E-state index in [1.807, 2.05) is 37.4 Å². The molecular formula is C15H15N3OS2. The number of aliphatic hydroxyl groups is 1. The highest BCUT2D eigenvalue weighted by molar-refractivity contribution is 8.00. The van der Waals surface area contributed by atoms with Crippen LogP contribution in [-0.4, -0.2) is 21.3 Å². The summed E-state index contributed by atoms with van der Waals surface area (Å²) in [6, 6.07) is 7.80. The largest absolute Gasteiger partial charge is 0.392 e. The average Bonchev–Trinajstić information content (AvgIpc) is 2.93. The van der Waals surface area contributed by atoms with E-state index >= 15 is 0 Å². The molecule has 0 spiro atoms. The van der Waals surface area contributed by atoms with E-state index in [1.54, 1.807) is 29.3 Å². The maximum atomic E-state index is 9.36. The van der Waals surface area contributed by atoms with Gasteiger partial charge in [-0.15, -0.1) is 0 Å². The first-order valence-corrected chi connectivity index (χ1v) is 8.53. The number of nitrogens with zero attached hydrogens (tertiary/aromatic N) is 2. The minimum absolute atomic E-state index is 0.0421. The molecule has 4 nitrogen and oxygen atoms in total. The lowest BCUT2D eigenvalue weighted by Crippen LogP contribution is -1.98. The van der Waals surface area contributed by atoms with Crippen LogP contribution in [0.25, 0.3) is 10.3 Å². The summed E-state index contributed by atoms with van der Waals surface area (Å²) in [5, 5.41) is 12.8. The van der Waals surface area contributed by atoms with Crippen molar-refractivity contribution in [1.29, 1.82) is 0 Å². The summed E-state index contributed by atoms with van der Waals surface area (Å²) in [7, 11) is 0. The summed E-state index contributed by atoms with van der Waals surface area (Å²) < 4.78 is 1.01. The van der Waals surface area contributed by atoms with Crippen LogP contribution in [0.15, 0.2) is 34.8 Å². The van der Waals surface area contributed by atoms with Crippen LogP contribution in [0.2, 0.25) is 0 Å². The number of rotatable bonds is 4. The summed E-state index contributed by atoms with van der Waals surface area (Å²) in [6.45, 7) is 2.04. The highest BCUT2D eigenvalue weighted by Crippen LogP contribution is 2.33. The molecule has 0 saturated heterocycles. The standard InChI is InChI=1S/C15H15N3OS2/c1-9-10(8-19)4-3-5-11(9)17-12-6-7-16-14-13(12)18-15(20-2)21-14/h3-7,19H,8H2,1-2H3,(H,16,17). The summed E-state index contributed by atoms with van der Waals surface area (Å²) in [6.07, 6.45) is 3.80. The van der Waals surface area contributed by atoms with Crippen LogP contribution < -0.4 is 5.32 Å². The fraction of sp³-hybridized carbons (Fsp3) is 0.200. The molecule has 0 aliphatic rings. The lowest BCUT2D eigenvalue weighted by atomic mass is 10.1. The predicted octanol–water partition coefficient (Wildman–Crippen LogP) is 3.96. The van der Waals surface area contributed by atoms with Gasteiger partial charge in [0.1, 0.15) is 10.3 Å². The number of benzene rings is 1. The Morgan fingerprint density at radius 3 is 2.90 bits per heavy atom. The lowest BCUT2D eigenvalue weighted by Gasteiger charge is -2.12. The predicted molar refractivity (Wildman–Crippen MR) is 89.6 cm³/mol. The van der Waals surface area contributed by atoms with E-state index in [1.165, 1.54) is 0 Å². The number of hydrogen-bond acceptors (Lipinski definition) is 6. The first kappa shape index (κ1) is 14.3. The normalized spacial score (nSPS) is 11.0. The molecule has 21 heavy (non-hydrogen) atoms. The minimum atomic E-state index is 0.0421. The Hall–Kier alpha value is -1.63. The minimum Gasteiger partial charge on any atom is -0.392 e. The molecule has 0 saturated carbocycles. The van der Waals surface area contributed by atoms with Gasteiger partial charge in [0.25, 0.3) is 0 Å². The molecule has 3 rings (SSSR count). The van der Waals surface area contributed by atoms with Crippen LogP contribution in [-0.2, 0) is 6.61 Å². The Morgan fingerprint density at radius 1 is 1.29 bits per heavy atom. The van der Waals surface area contributed by atoms with Crippen molar-refractivity contribution in [3.05, 3.63) is 41.6 Å². The Labute approximate surface area is 131 Å². The number of aromatic nitrogens is 2. The van der Waals surface area contributed by atoms with Crippen molar-refractivity contribution in [3.8, 4) is 0 Å². The molecule has 0 unspecified atom stereocenters. The number of nitrogens with one attached hydrogen (secondary N) is 1. The number of hydrogen-bond donors (Lipinski definition) is 2. The molecule has 0 amide bonds. The average molecular weight is 317 g/mol. The zero-order valence-electron chi connectivity index (χ0n) is 11.8. The smallest absolute Gasteiger partial charge is 0.152 e. The van der Waals surface area contributed by atoms with Gasteiger partial charge in [-0.05, 0) is 36.4 Å². The number of pyridine rings is 1. The van der Waals surface area contributed by atoms with Gasteiger partial charge < -0.3 is 10.4 Å². The van der Waals surface area contributed by atoms with E-state index in [9.17, 15) is 5.11 Å². The van der Waals surface area contributed by atoms with E-state index in [0.29, 0.717) is 0 Å². The zero-order valence-corrected chi connectivity index (χ0v) is 13.4. The van der Waals surface area contributed by atoms with Crippen molar-refractivity contribution in [3.63, 3.8) is 0 Å². The molecular weight excluding hydrogens is 302 g/mol. The van der Waals surface area contributed by atoms with Gasteiger partial charge in [-0.3, -0.25) is 0 Å². The number of thiazole rings is 1. The fourth-order valence-corrected chi connectivity index (χ4v) is 3.56. The van der Waals surface area contributed by atoms with Gasteiger partial charge in [-0.25, -0.2) is 9.97 Å². The summed E-state index contributed by atoms with van der Waals surface area (Å²) in [4.78, 5) is 9.91. The van der Waals surface area contributed by atoms with Crippen LogP contribution in [0.3, 0.4) is 0 Å². The third kappa shape index (κ3) is 2.74. The molecule has 0 bridgehead atoms. The Bertz CT molecular complexity index is 786. The van der Waals surface area contributed by atoms with Gasteiger partial charge in [0, 0.05) is 11.9 Å². The molecule has 0 atom stereocenters. The van der Waals surface area contributed by atoms with Crippen molar-refractivity contribution in [2.24, 2.45) is 0 Å². The van der Waals surface area contributed by atoms with Crippen LogP contribution in [0.1, 0.15) is 11.1 Å². The Kier molecular flexibility index (Phi) is 4.10. The van der Waals surface area contributed by atoms with Crippen molar-refractivity contribution in [2.45, 2.75) is 17.9 Å². The second-order valence-electron chi connectivity index (χ2n) is 4.57. The monoisotopic (exact) mass is 317 g/mol. The van der Waals surface area contributed by atoms with Crippen molar-refractivity contribution in [2.75, 3.05) is 11.6 Å². The molecule has 0 aliphatic carbocycles. The molecule has 0 fully saturated rings. The van der Waals surface area contributed by atoms with Crippen LogP contribution in [0.5, 0.6) is 0 Å².